The van der Waals surface area contributed by atoms with Crippen LogP contribution in [0.2, 0.25) is 13.1 Å². The van der Waals surface area contributed by atoms with Crippen molar-refractivity contribution in [3.05, 3.63) is 29.8 Å². The van der Waals surface area contributed by atoms with Crippen LogP contribution in [0.4, 0.5) is 0 Å². The summed E-state index contributed by atoms with van der Waals surface area (Å²) >= 11 is 5.91. The van der Waals surface area contributed by atoms with Gasteiger partial charge in [0.25, 0.3) is 0 Å². The second-order valence-corrected chi connectivity index (χ2v) is 9.05. The summed E-state index contributed by atoms with van der Waals surface area (Å²) in [6.07, 6.45) is 0. The summed E-state index contributed by atoms with van der Waals surface area (Å²) in [5.41, 5.74) is 1.44. The van der Waals surface area contributed by atoms with Gasteiger partial charge in [0.15, 0.2) is 0 Å². The Morgan fingerprint density at radius 3 is 2.54 bits per heavy atom. The van der Waals surface area contributed by atoms with Gasteiger partial charge in [-0.2, -0.15) is 5.26 Å². The average molecular weight is 210 g/mol. The molecule has 68 valence electrons. The Labute approximate surface area is 85.0 Å². The first-order valence-electron chi connectivity index (χ1n) is 4.17. The zero-order valence-corrected chi connectivity index (χ0v) is 9.60. The molecule has 0 bridgehead atoms. The smallest absolute Gasteiger partial charge is 0.0990 e. The van der Waals surface area contributed by atoms with Crippen molar-refractivity contribution in [2.45, 2.75) is 13.1 Å². The SMILES string of the molecule is C[Si](C)(CCl)c1ccccc1C#N. The van der Waals surface area contributed by atoms with Crippen LogP contribution in [-0.4, -0.2) is 13.6 Å². The van der Waals surface area contributed by atoms with Crippen LogP contribution in [-0.2, 0) is 0 Å². The topological polar surface area (TPSA) is 23.8 Å². The highest BCUT2D eigenvalue weighted by Crippen LogP contribution is 2.08. The molecule has 0 aliphatic rings. The molecule has 0 N–H and O–H groups in total. The van der Waals surface area contributed by atoms with E-state index in [1.54, 1.807) is 0 Å². The molecule has 0 atom stereocenters. The van der Waals surface area contributed by atoms with Gasteiger partial charge in [-0.1, -0.05) is 31.3 Å². The van der Waals surface area contributed by atoms with E-state index in [1.165, 1.54) is 0 Å². The molecule has 0 spiro atoms. The predicted octanol–water partition coefficient (Wildman–Crippen LogP) is 2.25. The minimum absolute atomic E-state index is 0.658. The lowest BCUT2D eigenvalue weighted by Gasteiger charge is -2.20. The molecule has 1 rings (SSSR count). The third-order valence-corrected chi connectivity index (χ3v) is 6.68. The van der Waals surface area contributed by atoms with Crippen LogP contribution in [0.5, 0.6) is 0 Å². The van der Waals surface area contributed by atoms with Crippen molar-refractivity contribution in [2.24, 2.45) is 0 Å². The van der Waals surface area contributed by atoms with Crippen LogP contribution < -0.4 is 5.19 Å². The fourth-order valence-electron chi connectivity index (χ4n) is 1.24. The molecule has 1 aromatic rings. The van der Waals surface area contributed by atoms with E-state index in [1.807, 2.05) is 24.3 Å². The molecule has 13 heavy (non-hydrogen) atoms. The number of benzene rings is 1. The lowest BCUT2D eigenvalue weighted by molar-refractivity contribution is 1.49. The Morgan fingerprint density at radius 2 is 2.00 bits per heavy atom. The van der Waals surface area contributed by atoms with E-state index in [9.17, 15) is 0 Å². The minimum Gasteiger partial charge on any atom is -0.192 e. The largest absolute Gasteiger partial charge is 0.192 e. The third kappa shape index (κ3) is 2.12. The first-order valence-corrected chi connectivity index (χ1v) is 7.91. The zero-order chi connectivity index (χ0) is 9.90. The summed E-state index contributed by atoms with van der Waals surface area (Å²) in [6.45, 7) is 4.35. The molecular weight excluding hydrogens is 198 g/mol. The van der Waals surface area contributed by atoms with Crippen molar-refractivity contribution >= 4 is 24.9 Å². The second kappa shape index (κ2) is 3.95. The molecule has 0 unspecified atom stereocenters. The van der Waals surface area contributed by atoms with Crippen LogP contribution in [0, 0.1) is 11.3 Å². The van der Waals surface area contributed by atoms with Crippen molar-refractivity contribution in [3.63, 3.8) is 0 Å². The Bertz CT molecular complexity index is 341. The standard InChI is InChI=1S/C10H12ClNSi/c1-13(2,8-11)10-6-4-3-5-9(10)7-12/h3-6H,8H2,1-2H3. The van der Waals surface area contributed by atoms with Gasteiger partial charge in [-0.3, -0.25) is 0 Å². The highest BCUT2D eigenvalue weighted by molar-refractivity contribution is 6.94. The zero-order valence-electron chi connectivity index (χ0n) is 7.84. The molecule has 3 heteroatoms. The molecular formula is C10H12ClNSi. The summed E-state index contributed by atoms with van der Waals surface area (Å²) in [5.74, 6) is 0. The Balaban J connectivity index is 3.22. The van der Waals surface area contributed by atoms with Crippen LogP contribution in [0.3, 0.4) is 0 Å². The van der Waals surface area contributed by atoms with Gasteiger partial charge < -0.3 is 0 Å². The van der Waals surface area contributed by atoms with Crippen molar-refractivity contribution in [2.75, 3.05) is 5.50 Å². The lowest BCUT2D eigenvalue weighted by Crippen LogP contribution is -2.45. The van der Waals surface area contributed by atoms with E-state index < -0.39 is 8.07 Å². The highest BCUT2D eigenvalue weighted by atomic mass is 35.5. The van der Waals surface area contributed by atoms with Gasteiger partial charge in [-0.25, -0.2) is 0 Å². The number of nitriles is 1. The molecule has 1 aromatic carbocycles. The number of rotatable bonds is 2. The van der Waals surface area contributed by atoms with E-state index in [0.29, 0.717) is 5.50 Å². The lowest BCUT2D eigenvalue weighted by atomic mass is 10.2. The number of alkyl halides is 1. The molecule has 0 fully saturated rings. The summed E-state index contributed by atoms with van der Waals surface area (Å²) in [5, 5.41) is 10.1. The predicted molar refractivity (Wildman–Crippen MR) is 59.0 cm³/mol. The van der Waals surface area contributed by atoms with Gasteiger partial charge in [0.1, 0.15) is 0 Å². The minimum atomic E-state index is -1.58. The quantitative estimate of drug-likeness (QED) is 0.542. The van der Waals surface area contributed by atoms with Crippen LogP contribution >= 0.6 is 11.6 Å². The van der Waals surface area contributed by atoms with E-state index in [4.69, 9.17) is 16.9 Å². The summed E-state index contributed by atoms with van der Waals surface area (Å²) in [7, 11) is -1.58. The van der Waals surface area contributed by atoms with Crippen molar-refractivity contribution in [1.82, 2.24) is 0 Å². The number of nitrogens with zero attached hydrogens (tertiary/aromatic N) is 1. The molecule has 0 aromatic heterocycles. The first-order chi connectivity index (χ1) is 6.11. The Kier molecular flexibility index (Phi) is 3.13. The van der Waals surface area contributed by atoms with E-state index in [-0.39, 0.29) is 0 Å². The maximum absolute atomic E-state index is 8.91. The molecule has 0 amide bonds. The maximum Gasteiger partial charge on any atom is 0.0990 e. The van der Waals surface area contributed by atoms with Gasteiger partial charge in [-0.05, 0) is 11.3 Å². The van der Waals surface area contributed by atoms with E-state index in [2.05, 4.69) is 19.2 Å². The van der Waals surface area contributed by atoms with Crippen LogP contribution in [0.15, 0.2) is 24.3 Å². The van der Waals surface area contributed by atoms with Crippen LogP contribution in [0.1, 0.15) is 5.56 Å². The highest BCUT2D eigenvalue weighted by Gasteiger charge is 2.24. The summed E-state index contributed by atoms with van der Waals surface area (Å²) in [6, 6.07) is 9.95. The summed E-state index contributed by atoms with van der Waals surface area (Å²) in [4.78, 5) is 0. The van der Waals surface area contributed by atoms with Gasteiger partial charge in [0, 0.05) is 5.50 Å². The van der Waals surface area contributed by atoms with E-state index >= 15 is 0 Å². The molecule has 0 radical (unpaired) electrons. The number of halogens is 1. The molecule has 0 aliphatic carbocycles. The molecule has 0 saturated carbocycles. The van der Waals surface area contributed by atoms with Gasteiger partial charge in [-0.15, -0.1) is 11.6 Å². The van der Waals surface area contributed by atoms with Crippen LogP contribution in [0.25, 0.3) is 0 Å². The molecule has 0 heterocycles. The monoisotopic (exact) mass is 209 g/mol. The Morgan fingerprint density at radius 1 is 1.38 bits per heavy atom. The molecule has 0 saturated heterocycles. The summed E-state index contributed by atoms with van der Waals surface area (Å²) < 4.78 is 0. The van der Waals surface area contributed by atoms with Gasteiger partial charge in [0.05, 0.1) is 19.7 Å². The number of hydrogen-bond acceptors (Lipinski definition) is 1. The van der Waals surface area contributed by atoms with Crippen molar-refractivity contribution < 1.29 is 0 Å². The molecule has 0 aliphatic heterocycles. The van der Waals surface area contributed by atoms with Gasteiger partial charge >= 0.3 is 0 Å². The number of hydrogen-bond donors (Lipinski definition) is 0. The Hall–Kier alpha value is -0.783. The van der Waals surface area contributed by atoms with E-state index in [0.717, 1.165) is 10.8 Å². The normalized spacial score (nSPS) is 10.9. The fraction of sp³-hybridized carbons (Fsp3) is 0.300. The maximum atomic E-state index is 8.91. The van der Waals surface area contributed by atoms with Gasteiger partial charge in [0.2, 0.25) is 0 Å². The van der Waals surface area contributed by atoms with Crippen molar-refractivity contribution in [3.8, 4) is 6.07 Å². The third-order valence-electron chi connectivity index (χ3n) is 2.11. The molecule has 1 nitrogen and oxygen atoms in total. The first kappa shape index (κ1) is 10.3. The second-order valence-electron chi connectivity index (χ2n) is 3.67. The van der Waals surface area contributed by atoms with Crippen molar-refractivity contribution in [1.29, 1.82) is 5.26 Å². The fourth-order valence-corrected chi connectivity index (χ4v) is 3.23. The average Bonchev–Trinajstić information content (AvgIpc) is 2.18.